The Bertz CT molecular complexity index is 412. The van der Waals surface area contributed by atoms with Crippen LogP contribution in [0, 0.1) is 11.8 Å². The zero-order chi connectivity index (χ0) is 13.8. The molecule has 0 bridgehead atoms. The van der Waals surface area contributed by atoms with Crippen molar-refractivity contribution < 1.29 is 14.6 Å². The SMILES string of the molecule is CCC(CC)C(O)c1ccc2c(c1)OCC(C)CO2. The van der Waals surface area contributed by atoms with Gasteiger partial charge in [-0.3, -0.25) is 0 Å². The summed E-state index contributed by atoms with van der Waals surface area (Å²) in [6.45, 7) is 7.68. The summed E-state index contributed by atoms with van der Waals surface area (Å²) in [5.41, 5.74) is 0.922. The maximum absolute atomic E-state index is 10.4. The van der Waals surface area contributed by atoms with Crippen LogP contribution in [0.25, 0.3) is 0 Å². The summed E-state index contributed by atoms with van der Waals surface area (Å²) in [4.78, 5) is 0. The molecule has 0 spiro atoms. The molecule has 106 valence electrons. The van der Waals surface area contributed by atoms with Gasteiger partial charge in [0.15, 0.2) is 11.5 Å². The normalized spacial score (nSPS) is 20.2. The van der Waals surface area contributed by atoms with E-state index in [1.807, 2.05) is 18.2 Å². The summed E-state index contributed by atoms with van der Waals surface area (Å²) in [6, 6.07) is 5.78. The van der Waals surface area contributed by atoms with Gasteiger partial charge in [-0.1, -0.05) is 39.7 Å². The first kappa shape index (κ1) is 14.2. The van der Waals surface area contributed by atoms with E-state index in [0.29, 0.717) is 25.0 Å². The van der Waals surface area contributed by atoms with Gasteiger partial charge in [0.2, 0.25) is 0 Å². The van der Waals surface area contributed by atoms with Gasteiger partial charge in [-0.05, 0) is 23.6 Å². The lowest BCUT2D eigenvalue weighted by Gasteiger charge is -2.21. The Kier molecular flexibility index (Phi) is 4.70. The smallest absolute Gasteiger partial charge is 0.161 e. The minimum absolute atomic E-state index is 0.295. The number of ether oxygens (including phenoxy) is 2. The van der Waals surface area contributed by atoms with Crippen molar-refractivity contribution in [1.29, 1.82) is 0 Å². The largest absolute Gasteiger partial charge is 0.489 e. The van der Waals surface area contributed by atoms with Crippen molar-refractivity contribution in [3.8, 4) is 11.5 Å². The van der Waals surface area contributed by atoms with E-state index in [1.54, 1.807) is 0 Å². The Balaban J connectivity index is 2.21. The predicted octanol–water partition coefficient (Wildman–Crippen LogP) is 3.56. The second-order valence-electron chi connectivity index (χ2n) is 5.45. The summed E-state index contributed by atoms with van der Waals surface area (Å²) in [5.74, 6) is 2.22. The van der Waals surface area contributed by atoms with Crippen molar-refractivity contribution >= 4 is 0 Å². The lowest BCUT2D eigenvalue weighted by molar-refractivity contribution is 0.103. The molecule has 3 nitrogen and oxygen atoms in total. The van der Waals surface area contributed by atoms with E-state index in [-0.39, 0.29) is 0 Å². The van der Waals surface area contributed by atoms with E-state index in [2.05, 4.69) is 20.8 Å². The molecule has 19 heavy (non-hydrogen) atoms. The molecule has 2 unspecified atom stereocenters. The standard InChI is InChI=1S/C16H24O3/c1-4-12(5-2)16(17)13-6-7-14-15(8-13)19-10-11(3)9-18-14/h6-8,11-12,16-17H,4-5,9-10H2,1-3H3. The molecule has 0 radical (unpaired) electrons. The highest BCUT2D eigenvalue weighted by Crippen LogP contribution is 2.35. The molecule has 0 aromatic heterocycles. The molecule has 0 aliphatic carbocycles. The first-order chi connectivity index (χ1) is 9.15. The molecular formula is C16H24O3. The second-order valence-corrected chi connectivity index (χ2v) is 5.45. The molecule has 1 heterocycles. The molecule has 0 saturated heterocycles. The number of aliphatic hydroxyl groups is 1. The zero-order valence-electron chi connectivity index (χ0n) is 12.1. The van der Waals surface area contributed by atoms with Gasteiger partial charge in [0, 0.05) is 5.92 Å². The Morgan fingerprint density at radius 3 is 2.42 bits per heavy atom. The number of hydrogen-bond donors (Lipinski definition) is 1. The molecule has 1 N–H and O–H groups in total. The van der Waals surface area contributed by atoms with Gasteiger partial charge in [-0.25, -0.2) is 0 Å². The highest BCUT2D eigenvalue weighted by Gasteiger charge is 2.21. The van der Waals surface area contributed by atoms with E-state index in [1.165, 1.54) is 0 Å². The van der Waals surface area contributed by atoms with Crippen LogP contribution in [0.15, 0.2) is 18.2 Å². The van der Waals surface area contributed by atoms with Crippen molar-refractivity contribution in [3.63, 3.8) is 0 Å². The topological polar surface area (TPSA) is 38.7 Å². The van der Waals surface area contributed by atoms with Gasteiger partial charge < -0.3 is 14.6 Å². The molecule has 0 saturated carbocycles. The van der Waals surface area contributed by atoms with E-state index < -0.39 is 6.10 Å². The average Bonchev–Trinajstić information content (AvgIpc) is 2.62. The zero-order valence-corrected chi connectivity index (χ0v) is 12.1. The van der Waals surface area contributed by atoms with Crippen LogP contribution in [0.4, 0.5) is 0 Å². The fourth-order valence-electron chi connectivity index (χ4n) is 2.46. The third-order valence-electron chi connectivity index (χ3n) is 3.85. The lowest BCUT2D eigenvalue weighted by atomic mass is 9.91. The monoisotopic (exact) mass is 264 g/mol. The maximum atomic E-state index is 10.4. The number of aliphatic hydroxyl groups excluding tert-OH is 1. The Morgan fingerprint density at radius 1 is 1.16 bits per heavy atom. The molecule has 2 rings (SSSR count). The molecule has 0 amide bonds. The predicted molar refractivity (Wildman–Crippen MR) is 75.6 cm³/mol. The molecule has 0 fully saturated rings. The van der Waals surface area contributed by atoms with Gasteiger partial charge in [-0.2, -0.15) is 0 Å². The summed E-state index contributed by atoms with van der Waals surface area (Å²) in [5, 5.41) is 10.4. The molecule has 1 aromatic carbocycles. The quantitative estimate of drug-likeness (QED) is 0.903. The highest BCUT2D eigenvalue weighted by molar-refractivity contribution is 5.44. The highest BCUT2D eigenvalue weighted by atomic mass is 16.5. The number of benzene rings is 1. The van der Waals surface area contributed by atoms with Crippen LogP contribution in [0.5, 0.6) is 11.5 Å². The Hall–Kier alpha value is -1.22. The fourth-order valence-corrected chi connectivity index (χ4v) is 2.46. The maximum Gasteiger partial charge on any atom is 0.161 e. The van der Waals surface area contributed by atoms with Gasteiger partial charge in [0.25, 0.3) is 0 Å². The summed E-state index contributed by atoms with van der Waals surface area (Å²) in [7, 11) is 0. The Morgan fingerprint density at radius 2 is 1.79 bits per heavy atom. The lowest BCUT2D eigenvalue weighted by Crippen LogP contribution is -2.12. The first-order valence-corrected chi connectivity index (χ1v) is 7.23. The van der Waals surface area contributed by atoms with Gasteiger partial charge in [0.05, 0.1) is 19.3 Å². The minimum Gasteiger partial charge on any atom is -0.489 e. The van der Waals surface area contributed by atoms with Gasteiger partial charge >= 0.3 is 0 Å². The molecule has 1 aliphatic heterocycles. The third-order valence-corrected chi connectivity index (χ3v) is 3.85. The fraction of sp³-hybridized carbons (Fsp3) is 0.625. The van der Waals surface area contributed by atoms with E-state index >= 15 is 0 Å². The van der Waals surface area contributed by atoms with Crippen molar-refractivity contribution in [1.82, 2.24) is 0 Å². The van der Waals surface area contributed by atoms with Crippen LogP contribution in [0.2, 0.25) is 0 Å². The number of hydrogen-bond acceptors (Lipinski definition) is 3. The average molecular weight is 264 g/mol. The van der Waals surface area contributed by atoms with Crippen LogP contribution in [-0.2, 0) is 0 Å². The number of rotatable bonds is 4. The van der Waals surface area contributed by atoms with E-state index in [0.717, 1.165) is 29.9 Å². The van der Waals surface area contributed by atoms with Crippen LogP contribution in [-0.4, -0.2) is 18.3 Å². The van der Waals surface area contributed by atoms with Crippen molar-refractivity contribution in [2.75, 3.05) is 13.2 Å². The summed E-state index contributed by atoms with van der Waals surface area (Å²) < 4.78 is 11.5. The summed E-state index contributed by atoms with van der Waals surface area (Å²) in [6.07, 6.45) is 1.52. The van der Waals surface area contributed by atoms with Crippen LogP contribution >= 0.6 is 0 Å². The Labute approximate surface area is 115 Å². The van der Waals surface area contributed by atoms with Crippen LogP contribution < -0.4 is 9.47 Å². The van der Waals surface area contributed by atoms with Crippen molar-refractivity contribution in [2.24, 2.45) is 11.8 Å². The minimum atomic E-state index is -0.426. The molecular weight excluding hydrogens is 240 g/mol. The van der Waals surface area contributed by atoms with E-state index in [9.17, 15) is 5.11 Å². The van der Waals surface area contributed by atoms with Crippen LogP contribution in [0.3, 0.4) is 0 Å². The van der Waals surface area contributed by atoms with Gasteiger partial charge in [-0.15, -0.1) is 0 Å². The molecule has 1 aliphatic rings. The van der Waals surface area contributed by atoms with E-state index in [4.69, 9.17) is 9.47 Å². The van der Waals surface area contributed by atoms with Crippen LogP contribution in [0.1, 0.15) is 45.3 Å². The van der Waals surface area contributed by atoms with Gasteiger partial charge in [0.1, 0.15) is 0 Å². The van der Waals surface area contributed by atoms with Crippen molar-refractivity contribution in [3.05, 3.63) is 23.8 Å². The summed E-state index contributed by atoms with van der Waals surface area (Å²) >= 11 is 0. The number of fused-ring (bicyclic) bond motifs is 1. The molecule has 3 heteroatoms. The third kappa shape index (κ3) is 3.21. The molecule has 1 aromatic rings. The van der Waals surface area contributed by atoms with Crippen molar-refractivity contribution in [2.45, 2.75) is 39.7 Å². The molecule has 2 atom stereocenters. The first-order valence-electron chi connectivity index (χ1n) is 7.23. The second kappa shape index (κ2) is 6.29.